The van der Waals surface area contributed by atoms with E-state index in [9.17, 15) is 4.79 Å². The monoisotopic (exact) mass is 338 g/mol. The standard InChI is InChI=1S/C23H18N2O/c1-16(26)15-19-12-14-25-23-21(19)10-9-20-18(11-13-24-22(20)23)8-7-17-5-3-2-4-6-17/h2-14H,15H2,1H3. The Hall–Kier alpha value is -3.33. The molecule has 2 heterocycles. The number of pyridine rings is 2. The van der Waals surface area contributed by atoms with Gasteiger partial charge < -0.3 is 0 Å². The second-order valence-corrected chi connectivity index (χ2v) is 6.35. The molecule has 2 aromatic heterocycles. The molecule has 0 amide bonds. The minimum absolute atomic E-state index is 0.144. The highest BCUT2D eigenvalue weighted by Gasteiger charge is 2.10. The number of Topliss-reactive ketones (excluding diaryl/α,β-unsaturated/α-hetero) is 1. The van der Waals surface area contributed by atoms with Crippen molar-refractivity contribution in [2.45, 2.75) is 13.3 Å². The molecule has 0 unspecified atom stereocenters. The highest BCUT2D eigenvalue weighted by molar-refractivity contribution is 6.07. The van der Waals surface area contributed by atoms with Crippen LogP contribution in [0, 0.1) is 0 Å². The molecule has 0 spiro atoms. The summed E-state index contributed by atoms with van der Waals surface area (Å²) in [7, 11) is 0. The number of nitrogens with zero attached hydrogens (tertiary/aromatic N) is 2. The van der Waals surface area contributed by atoms with E-state index in [1.807, 2.05) is 42.6 Å². The summed E-state index contributed by atoms with van der Waals surface area (Å²) in [6, 6.07) is 18.2. The first-order chi connectivity index (χ1) is 12.7. The number of rotatable bonds is 4. The molecule has 0 saturated heterocycles. The minimum atomic E-state index is 0.144. The molecule has 0 aliphatic rings. The summed E-state index contributed by atoms with van der Waals surface area (Å²) in [5.41, 5.74) is 4.95. The Morgan fingerprint density at radius 2 is 1.54 bits per heavy atom. The molecule has 126 valence electrons. The zero-order chi connectivity index (χ0) is 17.9. The Labute approximate surface area is 152 Å². The van der Waals surface area contributed by atoms with Crippen molar-refractivity contribution in [3.63, 3.8) is 0 Å². The van der Waals surface area contributed by atoms with E-state index in [1.165, 1.54) is 0 Å². The van der Waals surface area contributed by atoms with Crippen LogP contribution in [0.5, 0.6) is 0 Å². The third-order valence-corrected chi connectivity index (χ3v) is 4.44. The van der Waals surface area contributed by atoms with Gasteiger partial charge in [-0.2, -0.15) is 0 Å². The highest BCUT2D eigenvalue weighted by atomic mass is 16.1. The van der Waals surface area contributed by atoms with Crippen molar-refractivity contribution < 1.29 is 4.79 Å². The fraction of sp³-hybridized carbons (Fsp3) is 0.0870. The number of fused-ring (bicyclic) bond motifs is 3. The second-order valence-electron chi connectivity index (χ2n) is 6.35. The van der Waals surface area contributed by atoms with Crippen LogP contribution in [0.4, 0.5) is 0 Å². The maximum absolute atomic E-state index is 11.5. The number of ketones is 1. The lowest BCUT2D eigenvalue weighted by molar-refractivity contribution is -0.116. The number of carbonyl (C=O) groups is 1. The normalized spacial score (nSPS) is 11.4. The van der Waals surface area contributed by atoms with Gasteiger partial charge in [-0.3, -0.25) is 14.8 Å². The largest absolute Gasteiger partial charge is 0.300 e. The van der Waals surface area contributed by atoms with E-state index in [4.69, 9.17) is 0 Å². The zero-order valence-corrected chi connectivity index (χ0v) is 14.5. The fourth-order valence-electron chi connectivity index (χ4n) is 3.22. The summed E-state index contributed by atoms with van der Waals surface area (Å²) >= 11 is 0. The second kappa shape index (κ2) is 6.89. The van der Waals surface area contributed by atoms with Gasteiger partial charge in [-0.05, 0) is 35.7 Å². The van der Waals surface area contributed by atoms with Gasteiger partial charge in [-0.15, -0.1) is 0 Å². The summed E-state index contributed by atoms with van der Waals surface area (Å²) < 4.78 is 0. The van der Waals surface area contributed by atoms with Gasteiger partial charge in [0.25, 0.3) is 0 Å². The number of aromatic nitrogens is 2. The Kier molecular flexibility index (Phi) is 4.28. The summed E-state index contributed by atoms with van der Waals surface area (Å²) in [6.45, 7) is 1.61. The molecule has 26 heavy (non-hydrogen) atoms. The molecule has 0 aliphatic carbocycles. The molecule has 4 aromatic rings. The summed E-state index contributed by atoms with van der Waals surface area (Å²) in [4.78, 5) is 20.7. The quantitative estimate of drug-likeness (QED) is 0.487. The van der Waals surface area contributed by atoms with Crippen LogP contribution in [0.3, 0.4) is 0 Å². The van der Waals surface area contributed by atoms with Crippen molar-refractivity contribution >= 4 is 39.7 Å². The van der Waals surface area contributed by atoms with Crippen molar-refractivity contribution in [3.8, 4) is 0 Å². The molecule has 0 bridgehead atoms. The van der Waals surface area contributed by atoms with Crippen molar-refractivity contribution in [1.29, 1.82) is 0 Å². The summed E-state index contributed by atoms with van der Waals surface area (Å²) in [6.07, 6.45) is 8.18. The van der Waals surface area contributed by atoms with Crippen LogP contribution in [0.2, 0.25) is 0 Å². The molecular weight excluding hydrogens is 320 g/mol. The Balaban J connectivity index is 1.86. The van der Waals surface area contributed by atoms with Gasteiger partial charge in [0.2, 0.25) is 0 Å². The lowest BCUT2D eigenvalue weighted by atomic mass is 10.0. The molecule has 3 heteroatoms. The average Bonchev–Trinajstić information content (AvgIpc) is 2.66. The van der Waals surface area contributed by atoms with Gasteiger partial charge in [-0.1, -0.05) is 54.6 Å². The maximum Gasteiger partial charge on any atom is 0.134 e. The number of hydrogen-bond donors (Lipinski definition) is 0. The van der Waals surface area contributed by atoms with Gasteiger partial charge in [0.1, 0.15) is 5.78 Å². The number of carbonyl (C=O) groups excluding carboxylic acids is 1. The molecule has 0 atom stereocenters. The van der Waals surface area contributed by atoms with Gasteiger partial charge in [0.15, 0.2) is 0 Å². The van der Waals surface area contributed by atoms with E-state index in [0.29, 0.717) is 6.42 Å². The zero-order valence-electron chi connectivity index (χ0n) is 14.5. The van der Waals surface area contributed by atoms with E-state index in [-0.39, 0.29) is 5.78 Å². The third kappa shape index (κ3) is 3.11. The van der Waals surface area contributed by atoms with E-state index >= 15 is 0 Å². The van der Waals surface area contributed by atoms with E-state index in [2.05, 4.69) is 40.3 Å². The Bertz CT molecular complexity index is 1130. The Morgan fingerprint density at radius 1 is 0.846 bits per heavy atom. The molecule has 0 N–H and O–H groups in total. The van der Waals surface area contributed by atoms with Crippen molar-refractivity contribution in [1.82, 2.24) is 9.97 Å². The number of benzene rings is 2. The Morgan fingerprint density at radius 3 is 2.31 bits per heavy atom. The summed E-state index contributed by atoms with van der Waals surface area (Å²) in [5.74, 6) is 0.144. The molecule has 0 saturated carbocycles. The van der Waals surface area contributed by atoms with Crippen LogP contribution in [0.15, 0.2) is 67.0 Å². The van der Waals surface area contributed by atoms with Gasteiger partial charge in [-0.25, -0.2) is 0 Å². The fourth-order valence-corrected chi connectivity index (χ4v) is 3.22. The predicted molar refractivity (Wildman–Crippen MR) is 107 cm³/mol. The molecule has 2 aromatic carbocycles. The van der Waals surface area contributed by atoms with Crippen LogP contribution in [-0.4, -0.2) is 15.8 Å². The molecule has 0 aliphatic heterocycles. The van der Waals surface area contributed by atoms with Gasteiger partial charge >= 0.3 is 0 Å². The minimum Gasteiger partial charge on any atom is -0.300 e. The van der Waals surface area contributed by atoms with Crippen LogP contribution in [-0.2, 0) is 11.2 Å². The maximum atomic E-state index is 11.5. The molecule has 3 nitrogen and oxygen atoms in total. The van der Waals surface area contributed by atoms with Crippen molar-refractivity contribution in [2.75, 3.05) is 0 Å². The van der Waals surface area contributed by atoms with Crippen LogP contribution in [0.1, 0.15) is 23.6 Å². The van der Waals surface area contributed by atoms with E-state index < -0.39 is 0 Å². The first kappa shape index (κ1) is 16.2. The predicted octanol–water partition coefficient (Wildman–Crippen LogP) is 5.08. The van der Waals surface area contributed by atoms with Gasteiger partial charge in [0, 0.05) is 29.6 Å². The van der Waals surface area contributed by atoms with Gasteiger partial charge in [0.05, 0.1) is 11.0 Å². The van der Waals surface area contributed by atoms with Crippen LogP contribution >= 0.6 is 0 Å². The van der Waals surface area contributed by atoms with E-state index in [0.717, 1.165) is 38.5 Å². The number of hydrogen-bond acceptors (Lipinski definition) is 3. The first-order valence-electron chi connectivity index (χ1n) is 8.60. The molecular formula is C23H18N2O. The SMILES string of the molecule is CC(=O)Cc1ccnc2c1ccc1c(C=Cc3ccccc3)ccnc12. The van der Waals surface area contributed by atoms with Crippen LogP contribution in [0.25, 0.3) is 34.0 Å². The van der Waals surface area contributed by atoms with Crippen molar-refractivity contribution in [3.05, 3.63) is 83.7 Å². The topological polar surface area (TPSA) is 42.9 Å². The van der Waals surface area contributed by atoms with E-state index in [1.54, 1.807) is 13.1 Å². The smallest absolute Gasteiger partial charge is 0.134 e. The molecule has 4 rings (SSSR count). The third-order valence-electron chi connectivity index (χ3n) is 4.44. The lowest BCUT2D eigenvalue weighted by Gasteiger charge is -2.08. The van der Waals surface area contributed by atoms with Crippen LogP contribution < -0.4 is 0 Å². The summed E-state index contributed by atoms with van der Waals surface area (Å²) in [5, 5.41) is 2.05. The first-order valence-corrected chi connectivity index (χ1v) is 8.60. The molecule has 0 fully saturated rings. The highest BCUT2D eigenvalue weighted by Crippen LogP contribution is 2.27. The molecule has 0 radical (unpaired) electrons. The lowest BCUT2D eigenvalue weighted by Crippen LogP contribution is -1.98. The average molecular weight is 338 g/mol. The van der Waals surface area contributed by atoms with Crippen molar-refractivity contribution in [2.24, 2.45) is 0 Å².